The first-order chi connectivity index (χ1) is 9.08. The number of hydrogen-bond acceptors (Lipinski definition) is 4. The lowest BCUT2D eigenvalue weighted by Crippen LogP contribution is -2.40. The lowest BCUT2D eigenvalue weighted by molar-refractivity contribution is 0.0697. The molecule has 5 nitrogen and oxygen atoms in total. The Morgan fingerprint density at radius 3 is 3.00 bits per heavy atom. The van der Waals surface area contributed by atoms with Crippen molar-refractivity contribution in [3.63, 3.8) is 0 Å². The molecule has 1 saturated heterocycles. The maximum Gasteiger partial charge on any atom is 0.337 e. The Kier molecular flexibility index (Phi) is 4.27. The third-order valence-electron chi connectivity index (χ3n) is 3.62. The molecule has 1 aliphatic rings. The molecule has 1 aliphatic heterocycles. The van der Waals surface area contributed by atoms with E-state index >= 15 is 0 Å². The number of benzene rings is 1. The van der Waals surface area contributed by atoms with E-state index in [1.54, 1.807) is 12.1 Å². The second kappa shape index (κ2) is 5.93. The molecule has 1 heterocycles. The van der Waals surface area contributed by atoms with Crippen molar-refractivity contribution in [2.24, 2.45) is 0 Å². The maximum atomic E-state index is 11.0. The van der Waals surface area contributed by atoms with Crippen molar-refractivity contribution in [2.45, 2.75) is 25.3 Å². The normalized spacial score (nSPS) is 20.2. The number of piperidine rings is 1. The van der Waals surface area contributed by atoms with Crippen LogP contribution >= 0.6 is 0 Å². The Bertz CT molecular complexity index is 462. The summed E-state index contributed by atoms with van der Waals surface area (Å²) in [7, 11) is 2.10. The number of aromatic carboxylic acids is 1. The van der Waals surface area contributed by atoms with Crippen molar-refractivity contribution in [1.29, 1.82) is 0 Å². The van der Waals surface area contributed by atoms with Gasteiger partial charge in [-0.25, -0.2) is 4.79 Å². The van der Waals surface area contributed by atoms with E-state index in [9.17, 15) is 4.79 Å². The molecule has 1 fully saturated rings. The van der Waals surface area contributed by atoms with Gasteiger partial charge in [-0.05, 0) is 44.6 Å². The molecule has 19 heavy (non-hydrogen) atoms. The molecular formula is C14H20N2O3. The van der Waals surface area contributed by atoms with Crippen LogP contribution in [0.4, 0.5) is 5.69 Å². The number of nitrogens with two attached hydrogens (primary N) is 1. The van der Waals surface area contributed by atoms with Gasteiger partial charge < -0.3 is 20.5 Å². The fourth-order valence-electron chi connectivity index (χ4n) is 2.36. The summed E-state index contributed by atoms with van der Waals surface area (Å²) in [5.74, 6) is -0.469. The number of anilines is 1. The van der Waals surface area contributed by atoms with Crippen LogP contribution in [-0.2, 0) is 0 Å². The van der Waals surface area contributed by atoms with Gasteiger partial charge >= 0.3 is 5.97 Å². The van der Waals surface area contributed by atoms with Crippen molar-refractivity contribution in [3.05, 3.63) is 23.8 Å². The molecule has 104 valence electrons. The monoisotopic (exact) mass is 264 g/mol. The van der Waals surface area contributed by atoms with Crippen LogP contribution in [-0.4, -0.2) is 42.2 Å². The highest BCUT2D eigenvalue weighted by atomic mass is 16.5. The minimum Gasteiger partial charge on any atom is -0.492 e. The van der Waals surface area contributed by atoms with E-state index in [1.165, 1.54) is 18.9 Å². The summed E-state index contributed by atoms with van der Waals surface area (Å²) >= 11 is 0. The highest BCUT2D eigenvalue weighted by Crippen LogP contribution is 2.21. The summed E-state index contributed by atoms with van der Waals surface area (Å²) in [5, 5.41) is 9.01. The van der Waals surface area contributed by atoms with Crippen LogP contribution in [0.2, 0.25) is 0 Å². The van der Waals surface area contributed by atoms with E-state index in [-0.39, 0.29) is 11.3 Å². The fraction of sp³-hybridized carbons (Fsp3) is 0.500. The molecule has 0 aromatic heterocycles. The smallest absolute Gasteiger partial charge is 0.337 e. The standard InChI is InChI=1S/C14H20N2O3/c1-16-7-3-2-4-10(16)9-19-11-5-6-13(15)12(8-11)14(17)18/h5-6,8,10H,2-4,7,9,15H2,1H3,(H,17,18). The molecule has 2 rings (SSSR count). The van der Waals surface area contributed by atoms with Crippen LogP contribution in [0.5, 0.6) is 5.75 Å². The Hall–Kier alpha value is -1.75. The Balaban J connectivity index is 1.99. The Morgan fingerprint density at radius 1 is 1.53 bits per heavy atom. The van der Waals surface area contributed by atoms with E-state index in [1.807, 2.05) is 0 Å². The number of ether oxygens (including phenoxy) is 1. The summed E-state index contributed by atoms with van der Waals surface area (Å²) in [6.07, 6.45) is 3.58. The Labute approximate surface area is 113 Å². The van der Waals surface area contributed by atoms with Gasteiger partial charge in [0.1, 0.15) is 12.4 Å². The molecule has 0 radical (unpaired) electrons. The molecule has 1 unspecified atom stereocenters. The largest absolute Gasteiger partial charge is 0.492 e. The molecule has 0 amide bonds. The first kappa shape index (κ1) is 13.7. The zero-order valence-corrected chi connectivity index (χ0v) is 11.1. The van der Waals surface area contributed by atoms with Crippen LogP contribution < -0.4 is 10.5 Å². The summed E-state index contributed by atoms with van der Waals surface area (Å²) in [5.41, 5.74) is 5.96. The minimum absolute atomic E-state index is 0.0921. The molecule has 0 bridgehead atoms. The predicted octanol–water partition coefficient (Wildman–Crippen LogP) is 1.83. The molecule has 0 saturated carbocycles. The summed E-state index contributed by atoms with van der Waals surface area (Å²) < 4.78 is 5.70. The van der Waals surface area contributed by atoms with Crippen LogP contribution in [0, 0.1) is 0 Å². The third kappa shape index (κ3) is 3.38. The van der Waals surface area contributed by atoms with Crippen LogP contribution in [0.1, 0.15) is 29.6 Å². The van der Waals surface area contributed by atoms with E-state index in [0.29, 0.717) is 18.4 Å². The first-order valence-corrected chi connectivity index (χ1v) is 6.54. The maximum absolute atomic E-state index is 11.0. The highest BCUT2D eigenvalue weighted by molar-refractivity contribution is 5.94. The second-order valence-electron chi connectivity index (χ2n) is 5.00. The first-order valence-electron chi connectivity index (χ1n) is 6.54. The SMILES string of the molecule is CN1CCCCC1COc1ccc(N)c(C(=O)O)c1. The Morgan fingerprint density at radius 2 is 2.32 bits per heavy atom. The topological polar surface area (TPSA) is 75.8 Å². The van der Waals surface area contributed by atoms with Crippen molar-refractivity contribution in [3.8, 4) is 5.75 Å². The molecule has 3 N–H and O–H groups in total. The lowest BCUT2D eigenvalue weighted by Gasteiger charge is -2.32. The highest BCUT2D eigenvalue weighted by Gasteiger charge is 2.19. The number of carbonyl (C=O) groups is 1. The quantitative estimate of drug-likeness (QED) is 0.811. The van der Waals surface area contributed by atoms with Gasteiger partial charge in [-0.1, -0.05) is 6.42 Å². The molecule has 1 aromatic carbocycles. The second-order valence-corrected chi connectivity index (χ2v) is 5.00. The lowest BCUT2D eigenvalue weighted by atomic mass is 10.0. The number of hydrogen-bond donors (Lipinski definition) is 2. The number of likely N-dealkylation sites (N-methyl/N-ethyl adjacent to an activating group) is 1. The predicted molar refractivity (Wildman–Crippen MR) is 73.6 cm³/mol. The van der Waals surface area contributed by atoms with E-state index in [4.69, 9.17) is 15.6 Å². The molecule has 0 spiro atoms. The number of nitrogen functional groups attached to an aromatic ring is 1. The van der Waals surface area contributed by atoms with Crippen LogP contribution in [0.3, 0.4) is 0 Å². The van der Waals surface area contributed by atoms with Crippen molar-refractivity contribution in [2.75, 3.05) is 25.9 Å². The van der Waals surface area contributed by atoms with E-state index in [0.717, 1.165) is 13.0 Å². The zero-order valence-electron chi connectivity index (χ0n) is 11.1. The van der Waals surface area contributed by atoms with Gasteiger partial charge in [-0.15, -0.1) is 0 Å². The van der Waals surface area contributed by atoms with Crippen LogP contribution in [0.15, 0.2) is 18.2 Å². The molecule has 0 aliphatic carbocycles. The fourth-order valence-corrected chi connectivity index (χ4v) is 2.36. The molecular weight excluding hydrogens is 244 g/mol. The van der Waals surface area contributed by atoms with Gasteiger partial charge in [0.05, 0.1) is 5.56 Å². The number of carboxylic acids is 1. The zero-order chi connectivity index (χ0) is 13.8. The number of rotatable bonds is 4. The molecule has 1 atom stereocenters. The van der Waals surface area contributed by atoms with E-state index in [2.05, 4.69) is 11.9 Å². The van der Waals surface area contributed by atoms with Gasteiger partial charge in [0.15, 0.2) is 0 Å². The molecule has 1 aromatic rings. The number of nitrogens with zero attached hydrogens (tertiary/aromatic N) is 1. The number of carboxylic acid groups (broad SMARTS) is 1. The van der Waals surface area contributed by atoms with Crippen molar-refractivity contribution >= 4 is 11.7 Å². The molecule has 5 heteroatoms. The average molecular weight is 264 g/mol. The number of likely N-dealkylation sites (tertiary alicyclic amines) is 1. The van der Waals surface area contributed by atoms with Crippen molar-refractivity contribution in [1.82, 2.24) is 4.90 Å². The van der Waals surface area contributed by atoms with Gasteiger partial charge in [-0.2, -0.15) is 0 Å². The third-order valence-corrected chi connectivity index (χ3v) is 3.62. The van der Waals surface area contributed by atoms with Crippen LogP contribution in [0.25, 0.3) is 0 Å². The minimum atomic E-state index is -1.03. The summed E-state index contributed by atoms with van der Waals surface area (Å²) in [4.78, 5) is 13.3. The summed E-state index contributed by atoms with van der Waals surface area (Å²) in [6.45, 7) is 1.68. The van der Waals surface area contributed by atoms with Gasteiger partial charge in [0.2, 0.25) is 0 Å². The average Bonchev–Trinajstić information content (AvgIpc) is 2.39. The van der Waals surface area contributed by atoms with Gasteiger partial charge in [0.25, 0.3) is 0 Å². The van der Waals surface area contributed by atoms with E-state index < -0.39 is 5.97 Å². The van der Waals surface area contributed by atoms with Gasteiger partial charge in [-0.3, -0.25) is 0 Å². The van der Waals surface area contributed by atoms with Crippen molar-refractivity contribution < 1.29 is 14.6 Å². The van der Waals surface area contributed by atoms with Gasteiger partial charge in [0, 0.05) is 11.7 Å². The summed E-state index contributed by atoms with van der Waals surface area (Å²) in [6, 6.07) is 5.17.